The Bertz CT molecular complexity index is 418. The first-order valence-corrected chi connectivity index (χ1v) is 4.90. The van der Waals surface area contributed by atoms with Gasteiger partial charge in [-0.05, 0) is 18.2 Å². The first-order chi connectivity index (χ1) is 7.79. The van der Waals surface area contributed by atoms with E-state index < -0.39 is 25.2 Å². The molecule has 1 rings (SSSR count). The van der Waals surface area contributed by atoms with Gasteiger partial charge in [0.2, 0.25) is 0 Å². The van der Waals surface area contributed by atoms with Crippen molar-refractivity contribution in [1.82, 2.24) is 0 Å². The molecule has 3 nitrogen and oxygen atoms in total. The number of alkyl halides is 3. The molecule has 0 fully saturated rings. The molecule has 1 aromatic rings. The van der Waals surface area contributed by atoms with Gasteiger partial charge in [0.1, 0.15) is 5.75 Å². The Hall–Kier alpha value is -1.43. The molecule has 0 aliphatic carbocycles. The fraction of sp³-hybridized carbons (Fsp3) is 0.300. The lowest BCUT2D eigenvalue weighted by molar-refractivity contribution is -0.139. The van der Waals surface area contributed by atoms with Gasteiger partial charge in [-0.1, -0.05) is 11.6 Å². The van der Waals surface area contributed by atoms with Crippen LogP contribution in [0.15, 0.2) is 18.2 Å². The Morgan fingerprint density at radius 1 is 1.41 bits per heavy atom. The maximum atomic E-state index is 11.8. The molecule has 0 aliphatic heterocycles. The second-order valence-corrected chi connectivity index (χ2v) is 3.57. The molecule has 0 radical (unpaired) electrons. The molecular formula is C10H8ClF3O3. The van der Waals surface area contributed by atoms with E-state index in [1.165, 1.54) is 12.1 Å². The highest BCUT2D eigenvalue weighted by atomic mass is 35.5. The molecule has 0 unspecified atom stereocenters. The summed E-state index contributed by atoms with van der Waals surface area (Å²) < 4.78 is 40.3. The first-order valence-electron chi connectivity index (χ1n) is 4.52. The number of ether oxygens (including phenoxy) is 1. The summed E-state index contributed by atoms with van der Waals surface area (Å²) >= 11 is 5.58. The summed E-state index contributed by atoms with van der Waals surface area (Å²) in [5.41, 5.74) is -0.212. The highest BCUT2D eigenvalue weighted by Crippen LogP contribution is 2.24. The van der Waals surface area contributed by atoms with Gasteiger partial charge < -0.3 is 9.84 Å². The lowest BCUT2D eigenvalue weighted by atomic mass is 10.2. The standard InChI is InChI=1S/C10H8ClF3O3/c11-8-2-1-6(5-7(8)9(15)16)17-4-3-10(12,13)14/h1-2,5H,3-4H2,(H,15,16). The molecule has 7 heteroatoms. The van der Waals surface area contributed by atoms with E-state index in [0.717, 1.165) is 6.07 Å². The molecule has 0 spiro atoms. The molecule has 1 aromatic carbocycles. The van der Waals surface area contributed by atoms with Crippen molar-refractivity contribution in [3.8, 4) is 5.75 Å². The number of rotatable bonds is 4. The van der Waals surface area contributed by atoms with Crippen molar-refractivity contribution in [3.63, 3.8) is 0 Å². The zero-order valence-corrected chi connectivity index (χ0v) is 9.18. The fourth-order valence-electron chi connectivity index (χ4n) is 1.04. The molecule has 0 bridgehead atoms. The van der Waals surface area contributed by atoms with Gasteiger partial charge in [0.05, 0.1) is 23.6 Å². The Balaban J connectivity index is 2.67. The molecule has 0 saturated carbocycles. The number of benzene rings is 1. The van der Waals surface area contributed by atoms with Crippen LogP contribution in [-0.4, -0.2) is 23.9 Å². The van der Waals surface area contributed by atoms with E-state index >= 15 is 0 Å². The van der Waals surface area contributed by atoms with Gasteiger partial charge in [-0.15, -0.1) is 0 Å². The summed E-state index contributed by atoms with van der Waals surface area (Å²) in [6, 6.07) is 3.65. The summed E-state index contributed by atoms with van der Waals surface area (Å²) in [5.74, 6) is -1.23. The average Bonchev–Trinajstić information content (AvgIpc) is 2.18. The van der Waals surface area contributed by atoms with Crippen molar-refractivity contribution in [2.75, 3.05) is 6.61 Å². The predicted octanol–water partition coefficient (Wildman–Crippen LogP) is 3.37. The van der Waals surface area contributed by atoms with Crippen LogP contribution in [-0.2, 0) is 0 Å². The van der Waals surface area contributed by atoms with Gasteiger partial charge in [0.15, 0.2) is 0 Å². The topological polar surface area (TPSA) is 46.5 Å². The molecule has 0 aliphatic rings. The Kier molecular flexibility index (Phi) is 4.22. The Morgan fingerprint density at radius 2 is 2.06 bits per heavy atom. The number of halogens is 4. The zero-order valence-electron chi connectivity index (χ0n) is 8.42. The number of hydrogen-bond acceptors (Lipinski definition) is 2. The van der Waals surface area contributed by atoms with E-state index in [1.807, 2.05) is 0 Å². The van der Waals surface area contributed by atoms with Crippen LogP contribution in [0.4, 0.5) is 13.2 Å². The van der Waals surface area contributed by atoms with Gasteiger partial charge in [-0.2, -0.15) is 13.2 Å². The molecule has 0 atom stereocenters. The average molecular weight is 269 g/mol. The highest BCUT2D eigenvalue weighted by molar-refractivity contribution is 6.33. The smallest absolute Gasteiger partial charge is 0.392 e. The van der Waals surface area contributed by atoms with E-state index in [2.05, 4.69) is 0 Å². The maximum Gasteiger partial charge on any atom is 0.392 e. The normalized spacial score (nSPS) is 11.3. The van der Waals surface area contributed by atoms with E-state index in [-0.39, 0.29) is 16.3 Å². The van der Waals surface area contributed by atoms with Crippen molar-refractivity contribution >= 4 is 17.6 Å². The van der Waals surface area contributed by atoms with Crippen molar-refractivity contribution in [2.24, 2.45) is 0 Å². The minimum absolute atomic E-state index is 0.000622. The van der Waals surface area contributed by atoms with Crippen molar-refractivity contribution in [1.29, 1.82) is 0 Å². The van der Waals surface area contributed by atoms with E-state index in [1.54, 1.807) is 0 Å². The minimum Gasteiger partial charge on any atom is -0.493 e. The van der Waals surface area contributed by atoms with E-state index in [4.69, 9.17) is 21.4 Å². The van der Waals surface area contributed by atoms with E-state index in [0.29, 0.717) is 0 Å². The second-order valence-electron chi connectivity index (χ2n) is 3.16. The SMILES string of the molecule is O=C(O)c1cc(OCCC(F)(F)F)ccc1Cl. The summed E-state index contributed by atoms with van der Waals surface area (Å²) in [6.07, 6.45) is -5.40. The minimum atomic E-state index is -4.30. The number of hydrogen-bond donors (Lipinski definition) is 1. The van der Waals surface area contributed by atoms with Crippen molar-refractivity contribution in [3.05, 3.63) is 28.8 Å². The van der Waals surface area contributed by atoms with Gasteiger partial charge in [0.25, 0.3) is 0 Å². The monoisotopic (exact) mass is 268 g/mol. The van der Waals surface area contributed by atoms with Crippen molar-refractivity contribution in [2.45, 2.75) is 12.6 Å². The molecule has 1 N–H and O–H groups in total. The zero-order chi connectivity index (χ0) is 13.1. The van der Waals surface area contributed by atoms with Gasteiger partial charge in [0, 0.05) is 0 Å². The molecular weight excluding hydrogens is 261 g/mol. The lowest BCUT2D eigenvalue weighted by Gasteiger charge is -2.09. The van der Waals surface area contributed by atoms with Crippen LogP contribution in [0.2, 0.25) is 5.02 Å². The largest absolute Gasteiger partial charge is 0.493 e. The molecule has 0 heterocycles. The third-order valence-corrected chi connectivity index (χ3v) is 2.15. The third kappa shape index (κ3) is 4.52. The van der Waals surface area contributed by atoms with Crippen LogP contribution < -0.4 is 4.74 Å². The highest BCUT2D eigenvalue weighted by Gasteiger charge is 2.26. The van der Waals surface area contributed by atoms with Crippen LogP contribution >= 0.6 is 11.6 Å². The Labute approximate surface area is 99.8 Å². The molecule has 0 amide bonds. The number of carboxylic acid groups (broad SMARTS) is 1. The summed E-state index contributed by atoms with van der Waals surface area (Å²) in [7, 11) is 0. The van der Waals surface area contributed by atoms with Gasteiger partial charge in [-0.3, -0.25) is 0 Å². The fourth-order valence-corrected chi connectivity index (χ4v) is 1.24. The first kappa shape index (κ1) is 13.6. The van der Waals surface area contributed by atoms with Crippen LogP contribution in [0, 0.1) is 0 Å². The quantitative estimate of drug-likeness (QED) is 0.911. The summed E-state index contributed by atoms with van der Waals surface area (Å²) in [4.78, 5) is 10.7. The molecule has 94 valence electrons. The predicted molar refractivity (Wildman–Crippen MR) is 54.6 cm³/mol. The van der Waals surface area contributed by atoms with Crippen molar-refractivity contribution < 1.29 is 27.8 Å². The maximum absolute atomic E-state index is 11.8. The van der Waals surface area contributed by atoms with Gasteiger partial charge in [-0.25, -0.2) is 4.79 Å². The van der Waals surface area contributed by atoms with Crippen LogP contribution in [0.5, 0.6) is 5.75 Å². The number of aromatic carboxylic acids is 1. The molecule has 0 aromatic heterocycles. The summed E-state index contributed by atoms with van der Waals surface area (Å²) in [6.45, 7) is -0.565. The molecule has 17 heavy (non-hydrogen) atoms. The van der Waals surface area contributed by atoms with Crippen LogP contribution in [0.3, 0.4) is 0 Å². The number of carbonyl (C=O) groups is 1. The number of carboxylic acids is 1. The lowest BCUT2D eigenvalue weighted by Crippen LogP contribution is -2.13. The summed E-state index contributed by atoms with van der Waals surface area (Å²) in [5, 5.41) is 8.73. The van der Waals surface area contributed by atoms with Crippen LogP contribution in [0.1, 0.15) is 16.8 Å². The second kappa shape index (κ2) is 5.27. The van der Waals surface area contributed by atoms with E-state index in [9.17, 15) is 18.0 Å². The third-order valence-electron chi connectivity index (χ3n) is 1.82. The Morgan fingerprint density at radius 3 is 2.59 bits per heavy atom. The van der Waals surface area contributed by atoms with Gasteiger partial charge >= 0.3 is 12.1 Å². The van der Waals surface area contributed by atoms with Crippen LogP contribution in [0.25, 0.3) is 0 Å². The molecule has 0 saturated heterocycles.